The van der Waals surface area contributed by atoms with Gasteiger partial charge in [0, 0.05) is 13.8 Å². The van der Waals surface area contributed by atoms with E-state index in [4.69, 9.17) is 20.0 Å². The Bertz CT molecular complexity index is 647. The van der Waals surface area contributed by atoms with Crippen molar-refractivity contribution in [2.75, 3.05) is 0 Å². The molecule has 0 spiro atoms. The number of esters is 2. The van der Waals surface area contributed by atoms with Gasteiger partial charge in [-0.3, -0.25) is 9.59 Å². The summed E-state index contributed by atoms with van der Waals surface area (Å²) >= 11 is 0. The van der Waals surface area contributed by atoms with Crippen LogP contribution >= 0.6 is 0 Å². The van der Waals surface area contributed by atoms with Gasteiger partial charge in [-0.1, -0.05) is 6.07 Å². The van der Waals surface area contributed by atoms with Crippen LogP contribution in [0.3, 0.4) is 0 Å². The first-order chi connectivity index (χ1) is 9.46. The molecular weight excluding hydrogens is 260 g/mol. The molecule has 0 aliphatic rings. The molecule has 0 bridgehead atoms. The highest BCUT2D eigenvalue weighted by molar-refractivity contribution is 5.75. The van der Waals surface area contributed by atoms with Gasteiger partial charge in [0.2, 0.25) is 0 Å². The smallest absolute Gasteiger partial charge is 0.308 e. The van der Waals surface area contributed by atoms with Crippen molar-refractivity contribution in [2.24, 2.45) is 0 Å². The first kappa shape index (κ1) is 14.9. The largest absolute Gasteiger partial charge is 0.423 e. The van der Waals surface area contributed by atoms with E-state index >= 15 is 0 Å². The monoisotopic (exact) mass is 270 g/mol. The molecular formula is C14H10N2O4. The SMILES string of the molecule is CC(=O)Oc1ccc(C=C(C#N)C#N)cc1OC(C)=O. The molecule has 0 amide bonds. The lowest BCUT2D eigenvalue weighted by molar-refractivity contribution is -0.134. The minimum atomic E-state index is -0.583. The van der Waals surface area contributed by atoms with Gasteiger partial charge in [0.25, 0.3) is 0 Å². The van der Waals surface area contributed by atoms with E-state index in [1.54, 1.807) is 12.1 Å². The van der Waals surface area contributed by atoms with Gasteiger partial charge < -0.3 is 9.47 Å². The van der Waals surface area contributed by atoms with Crippen molar-refractivity contribution in [3.8, 4) is 23.6 Å². The Morgan fingerprint density at radius 2 is 1.60 bits per heavy atom. The highest BCUT2D eigenvalue weighted by Crippen LogP contribution is 2.29. The molecule has 6 nitrogen and oxygen atoms in total. The van der Waals surface area contributed by atoms with Crippen molar-refractivity contribution in [1.82, 2.24) is 0 Å². The average molecular weight is 270 g/mol. The summed E-state index contributed by atoms with van der Waals surface area (Å²) < 4.78 is 9.82. The highest BCUT2D eigenvalue weighted by Gasteiger charge is 2.11. The maximum Gasteiger partial charge on any atom is 0.308 e. The van der Waals surface area contributed by atoms with Crippen LogP contribution in [-0.2, 0) is 9.59 Å². The van der Waals surface area contributed by atoms with Gasteiger partial charge in [0.15, 0.2) is 11.5 Å². The van der Waals surface area contributed by atoms with E-state index in [1.807, 2.05) is 0 Å². The fourth-order valence-corrected chi connectivity index (χ4v) is 1.34. The molecule has 0 atom stereocenters. The summed E-state index contributed by atoms with van der Waals surface area (Å²) in [5.74, 6) is -1.02. The predicted molar refractivity (Wildman–Crippen MR) is 68.3 cm³/mol. The number of benzene rings is 1. The molecule has 20 heavy (non-hydrogen) atoms. The lowest BCUT2D eigenvalue weighted by atomic mass is 10.1. The van der Waals surface area contributed by atoms with E-state index in [2.05, 4.69) is 0 Å². The van der Waals surface area contributed by atoms with E-state index in [0.29, 0.717) is 5.56 Å². The van der Waals surface area contributed by atoms with Crippen LogP contribution in [0.15, 0.2) is 23.8 Å². The summed E-state index contributed by atoms with van der Waals surface area (Å²) in [5, 5.41) is 17.4. The third kappa shape index (κ3) is 4.28. The lowest BCUT2D eigenvalue weighted by Gasteiger charge is -2.09. The number of carbonyl (C=O) groups excluding carboxylic acids is 2. The maximum atomic E-state index is 11.0. The van der Waals surface area contributed by atoms with Gasteiger partial charge in [-0.15, -0.1) is 0 Å². The van der Waals surface area contributed by atoms with Crippen LogP contribution in [0.1, 0.15) is 19.4 Å². The van der Waals surface area contributed by atoms with Crippen molar-refractivity contribution in [3.63, 3.8) is 0 Å². The van der Waals surface area contributed by atoms with Crippen molar-refractivity contribution < 1.29 is 19.1 Å². The fourth-order valence-electron chi connectivity index (χ4n) is 1.34. The zero-order valence-corrected chi connectivity index (χ0v) is 10.8. The van der Waals surface area contributed by atoms with Gasteiger partial charge in [0.1, 0.15) is 17.7 Å². The van der Waals surface area contributed by atoms with Gasteiger partial charge in [-0.05, 0) is 23.8 Å². The van der Waals surface area contributed by atoms with Crippen molar-refractivity contribution in [1.29, 1.82) is 10.5 Å². The van der Waals surface area contributed by atoms with Crippen molar-refractivity contribution in [2.45, 2.75) is 13.8 Å². The Balaban J connectivity index is 3.24. The quantitative estimate of drug-likeness (QED) is 0.473. The number of hydrogen-bond acceptors (Lipinski definition) is 6. The molecule has 0 fully saturated rings. The van der Waals surface area contributed by atoms with Crippen LogP contribution in [0.2, 0.25) is 0 Å². The molecule has 0 unspecified atom stereocenters. The molecule has 1 aromatic carbocycles. The zero-order chi connectivity index (χ0) is 15.1. The third-order valence-corrected chi connectivity index (χ3v) is 2.03. The molecule has 0 heterocycles. The summed E-state index contributed by atoms with van der Waals surface area (Å²) in [5.41, 5.74) is 0.370. The van der Waals surface area contributed by atoms with Gasteiger partial charge in [-0.2, -0.15) is 10.5 Å². The van der Waals surface area contributed by atoms with Gasteiger partial charge in [0.05, 0.1) is 0 Å². The summed E-state index contributed by atoms with van der Waals surface area (Å²) in [4.78, 5) is 22.0. The van der Waals surface area contributed by atoms with E-state index in [0.717, 1.165) is 0 Å². The second-order valence-electron chi connectivity index (χ2n) is 3.68. The molecule has 1 rings (SSSR count). The van der Waals surface area contributed by atoms with Crippen molar-refractivity contribution >= 4 is 18.0 Å². The van der Waals surface area contributed by atoms with E-state index in [1.165, 1.54) is 38.1 Å². The van der Waals surface area contributed by atoms with Crippen LogP contribution in [0.25, 0.3) is 6.08 Å². The summed E-state index contributed by atoms with van der Waals surface area (Å²) in [6.07, 6.45) is 1.32. The third-order valence-electron chi connectivity index (χ3n) is 2.03. The van der Waals surface area contributed by atoms with E-state index in [9.17, 15) is 9.59 Å². The Morgan fingerprint density at radius 3 is 2.10 bits per heavy atom. The Kier molecular flexibility index (Phi) is 5.02. The molecule has 0 aliphatic carbocycles. The molecule has 100 valence electrons. The van der Waals surface area contributed by atoms with Crippen LogP contribution in [0.5, 0.6) is 11.5 Å². The fraction of sp³-hybridized carbons (Fsp3) is 0.143. The number of rotatable bonds is 3. The first-order valence-electron chi connectivity index (χ1n) is 5.49. The van der Waals surface area contributed by atoms with Crippen LogP contribution in [0, 0.1) is 22.7 Å². The molecule has 0 aromatic heterocycles. The van der Waals surface area contributed by atoms with Crippen LogP contribution in [-0.4, -0.2) is 11.9 Å². The summed E-state index contributed by atoms with van der Waals surface area (Å²) in [6.45, 7) is 2.42. The first-order valence-corrected chi connectivity index (χ1v) is 5.49. The number of carbonyl (C=O) groups is 2. The standard InChI is InChI=1S/C14H10N2O4/c1-9(17)19-13-4-3-11(5-12(7-15)8-16)6-14(13)20-10(2)18/h3-6H,1-2H3. The molecule has 0 N–H and O–H groups in total. The lowest BCUT2D eigenvalue weighted by Crippen LogP contribution is -2.07. The number of allylic oxidation sites excluding steroid dienone is 1. The molecule has 0 saturated heterocycles. The Morgan fingerprint density at radius 1 is 1.05 bits per heavy atom. The second-order valence-corrected chi connectivity index (χ2v) is 3.68. The Hall–Kier alpha value is -3.12. The molecule has 0 saturated carbocycles. The Labute approximate surface area is 115 Å². The molecule has 0 aliphatic heterocycles. The topological polar surface area (TPSA) is 100 Å². The normalized spacial score (nSPS) is 8.80. The van der Waals surface area contributed by atoms with Crippen LogP contribution in [0.4, 0.5) is 0 Å². The zero-order valence-electron chi connectivity index (χ0n) is 10.8. The van der Waals surface area contributed by atoms with E-state index < -0.39 is 11.9 Å². The maximum absolute atomic E-state index is 11.0. The highest BCUT2D eigenvalue weighted by atomic mass is 16.6. The van der Waals surface area contributed by atoms with E-state index in [-0.39, 0.29) is 17.1 Å². The number of nitrogens with zero attached hydrogens (tertiary/aromatic N) is 2. The number of nitriles is 2. The van der Waals surface area contributed by atoms with Crippen LogP contribution < -0.4 is 9.47 Å². The van der Waals surface area contributed by atoms with Gasteiger partial charge >= 0.3 is 11.9 Å². The average Bonchev–Trinajstić information content (AvgIpc) is 2.37. The minimum Gasteiger partial charge on any atom is -0.423 e. The summed E-state index contributed by atoms with van der Waals surface area (Å²) in [7, 11) is 0. The molecule has 6 heteroatoms. The molecule has 0 radical (unpaired) electrons. The molecule has 1 aromatic rings. The summed E-state index contributed by atoms with van der Waals surface area (Å²) in [6, 6.07) is 7.77. The predicted octanol–water partition coefficient (Wildman–Crippen LogP) is 1.97. The number of ether oxygens (including phenoxy) is 2. The van der Waals surface area contributed by atoms with Gasteiger partial charge in [-0.25, -0.2) is 0 Å². The minimum absolute atomic E-state index is 0.0386. The second kappa shape index (κ2) is 6.72. The van der Waals surface area contributed by atoms with Crippen molar-refractivity contribution in [3.05, 3.63) is 29.3 Å². The number of hydrogen-bond donors (Lipinski definition) is 0.